The fraction of sp³-hybridized carbons (Fsp3) is 0.900. The molecule has 0 N–H and O–H groups in total. The van der Waals surface area contributed by atoms with Gasteiger partial charge in [-0.25, -0.2) is 0 Å². The molecule has 2 aliphatic carbocycles. The van der Waals surface area contributed by atoms with Crippen LogP contribution in [0.2, 0.25) is 0 Å². The predicted molar refractivity (Wildman–Crippen MR) is 54.5 cm³/mol. The van der Waals surface area contributed by atoms with Gasteiger partial charge in [0.15, 0.2) is 0 Å². The number of ketones is 1. The quantitative estimate of drug-likeness (QED) is 0.763. The van der Waals surface area contributed by atoms with Gasteiger partial charge < -0.3 is 0 Å². The summed E-state index contributed by atoms with van der Waals surface area (Å²) in [5.41, 5.74) is -1.32. The second kappa shape index (κ2) is 3.26. The van der Waals surface area contributed by atoms with E-state index in [-0.39, 0.29) is 17.1 Å². The molecule has 2 bridgehead atoms. The van der Waals surface area contributed by atoms with Gasteiger partial charge in [0.1, 0.15) is 5.78 Å². The number of hydrogen-bond donors (Lipinski definition) is 0. The first-order valence-electron chi connectivity index (χ1n) is 5.31. The Bertz CT molecular complexity index is 428. The van der Waals surface area contributed by atoms with Gasteiger partial charge in [0.2, 0.25) is 0 Å². The number of carbonyl (C=O) groups is 1. The van der Waals surface area contributed by atoms with Crippen LogP contribution in [0.25, 0.3) is 0 Å². The van der Waals surface area contributed by atoms with Crippen molar-refractivity contribution in [2.75, 3.05) is 5.75 Å². The molecule has 0 aromatic heterocycles. The lowest BCUT2D eigenvalue weighted by molar-refractivity contribution is -0.128. The number of Topliss-reactive ketones (excluding diaryl/α,β-unsaturated/α-hetero) is 1. The van der Waals surface area contributed by atoms with E-state index in [1.54, 1.807) is 0 Å². The molecule has 0 aliphatic heterocycles. The Kier molecular flexibility index (Phi) is 2.44. The third kappa shape index (κ3) is 1.35. The van der Waals surface area contributed by atoms with Crippen LogP contribution in [-0.2, 0) is 19.3 Å². The number of carbonyl (C=O) groups excluding carboxylic acids is 1. The summed E-state index contributed by atoms with van der Waals surface area (Å²) in [5.74, 6) is -0.372. The second-order valence-electron chi connectivity index (χ2n) is 5.43. The van der Waals surface area contributed by atoms with Crippen molar-refractivity contribution in [3.8, 4) is 0 Å². The summed E-state index contributed by atoms with van der Waals surface area (Å²) in [7, 11) is -4.24. The lowest BCUT2D eigenvalue weighted by atomic mass is 9.70. The third-order valence-electron chi connectivity index (χ3n) is 4.66. The minimum absolute atomic E-state index is 0.0608. The van der Waals surface area contributed by atoms with Crippen LogP contribution in [0.15, 0.2) is 0 Å². The van der Waals surface area contributed by atoms with Crippen LogP contribution in [0.4, 0.5) is 4.53 Å². The van der Waals surface area contributed by atoms with Gasteiger partial charge in [-0.05, 0) is 28.7 Å². The van der Waals surface area contributed by atoms with Gasteiger partial charge >= 0.3 is 0 Å². The second-order valence-corrected chi connectivity index (χ2v) is 6.96. The molecule has 0 saturated heterocycles. The van der Waals surface area contributed by atoms with Crippen LogP contribution in [0, 0.1) is 16.7 Å². The predicted octanol–water partition coefficient (Wildman–Crippen LogP) is 1.61. The monoisotopic (exact) mass is 250 g/mol. The van der Waals surface area contributed by atoms with Crippen molar-refractivity contribution in [3.63, 3.8) is 0 Å². The molecule has 0 radical (unpaired) electrons. The first-order chi connectivity index (χ1) is 7.25. The molecule has 2 unspecified atom stereocenters. The summed E-state index contributed by atoms with van der Waals surface area (Å²) >= 11 is 0. The SMILES string of the molecule is CC1(C)C2CCC1(CS(=O)(=O)OF)C(=O)C2. The molecule has 2 atom stereocenters. The van der Waals surface area contributed by atoms with Crippen molar-refractivity contribution in [1.29, 1.82) is 0 Å². The van der Waals surface area contributed by atoms with E-state index in [0.717, 1.165) is 6.42 Å². The highest BCUT2D eigenvalue weighted by atomic mass is 32.2. The summed E-state index contributed by atoms with van der Waals surface area (Å²) in [5, 5.41) is 0. The molecule has 0 amide bonds. The Balaban J connectivity index is 2.40. The largest absolute Gasteiger partial charge is 0.299 e. The Morgan fingerprint density at radius 3 is 2.50 bits per heavy atom. The minimum Gasteiger partial charge on any atom is -0.299 e. The average molecular weight is 250 g/mol. The van der Waals surface area contributed by atoms with Crippen LogP contribution in [0.5, 0.6) is 0 Å². The Morgan fingerprint density at radius 1 is 1.50 bits per heavy atom. The number of hydrogen-bond acceptors (Lipinski definition) is 4. The van der Waals surface area contributed by atoms with Gasteiger partial charge in [0.25, 0.3) is 10.1 Å². The van der Waals surface area contributed by atoms with Crippen molar-refractivity contribution >= 4 is 15.9 Å². The van der Waals surface area contributed by atoms with Gasteiger partial charge in [-0.3, -0.25) is 4.79 Å². The first-order valence-corrected chi connectivity index (χ1v) is 6.89. The fourth-order valence-electron chi connectivity index (χ4n) is 3.43. The molecule has 2 fully saturated rings. The van der Waals surface area contributed by atoms with E-state index in [2.05, 4.69) is 4.39 Å². The molecule has 2 aliphatic rings. The first kappa shape index (κ1) is 12.0. The number of fused-ring (bicyclic) bond motifs is 2. The summed E-state index contributed by atoms with van der Waals surface area (Å²) in [6, 6.07) is 0. The lowest BCUT2D eigenvalue weighted by Gasteiger charge is -2.35. The van der Waals surface area contributed by atoms with E-state index in [0.29, 0.717) is 12.8 Å². The van der Waals surface area contributed by atoms with E-state index >= 15 is 0 Å². The van der Waals surface area contributed by atoms with Crippen molar-refractivity contribution in [2.45, 2.75) is 33.1 Å². The maximum atomic E-state index is 11.9. The van der Waals surface area contributed by atoms with Crippen LogP contribution >= 0.6 is 0 Å². The number of halogens is 1. The molecule has 92 valence electrons. The van der Waals surface area contributed by atoms with Crippen molar-refractivity contribution in [1.82, 2.24) is 0 Å². The van der Waals surface area contributed by atoms with Gasteiger partial charge in [0.05, 0.1) is 11.2 Å². The van der Waals surface area contributed by atoms with Crippen LogP contribution in [0.1, 0.15) is 33.1 Å². The van der Waals surface area contributed by atoms with E-state index < -0.39 is 21.3 Å². The highest BCUT2D eigenvalue weighted by Gasteiger charge is 2.65. The Labute approximate surface area is 94.2 Å². The summed E-state index contributed by atoms with van der Waals surface area (Å²) < 4.78 is 37.4. The maximum Gasteiger partial charge on any atom is 0.298 e. The average Bonchev–Trinajstić information content (AvgIpc) is 2.51. The molecule has 16 heavy (non-hydrogen) atoms. The van der Waals surface area contributed by atoms with E-state index in [9.17, 15) is 17.7 Å². The van der Waals surface area contributed by atoms with Crippen molar-refractivity contribution < 1.29 is 22.1 Å². The van der Waals surface area contributed by atoms with Gasteiger partial charge in [-0.1, -0.05) is 18.2 Å². The summed E-state index contributed by atoms with van der Waals surface area (Å²) in [6.45, 7) is 3.78. The van der Waals surface area contributed by atoms with Crippen molar-refractivity contribution in [2.24, 2.45) is 16.7 Å². The Morgan fingerprint density at radius 2 is 2.12 bits per heavy atom. The van der Waals surface area contributed by atoms with E-state index in [1.165, 1.54) is 0 Å². The van der Waals surface area contributed by atoms with Crippen LogP contribution < -0.4 is 0 Å². The molecule has 4 nitrogen and oxygen atoms in total. The van der Waals surface area contributed by atoms with Gasteiger partial charge in [-0.15, -0.1) is 0 Å². The van der Waals surface area contributed by atoms with Crippen LogP contribution in [-0.4, -0.2) is 20.0 Å². The molecule has 6 heteroatoms. The summed E-state index contributed by atoms with van der Waals surface area (Å²) in [6.07, 6.45) is 1.77. The van der Waals surface area contributed by atoms with Crippen molar-refractivity contribution in [3.05, 3.63) is 0 Å². The highest BCUT2D eigenvalue weighted by Crippen LogP contribution is 2.64. The lowest BCUT2D eigenvalue weighted by Crippen LogP contribution is -2.42. The minimum atomic E-state index is -4.24. The molecule has 0 heterocycles. The standard InChI is InChI=1S/C10H15FO4S/c1-9(2)7-3-4-10(9,8(12)5-7)6-16(13,14)15-11/h7H,3-6H2,1-2H3. The third-order valence-corrected chi connectivity index (χ3v) is 5.70. The smallest absolute Gasteiger partial charge is 0.298 e. The zero-order chi connectivity index (χ0) is 12.2. The molecule has 0 spiro atoms. The van der Waals surface area contributed by atoms with Gasteiger partial charge in [-0.2, -0.15) is 8.42 Å². The fourth-order valence-corrected chi connectivity index (χ4v) is 4.76. The molecule has 2 saturated carbocycles. The maximum absolute atomic E-state index is 11.9. The molecular formula is C10H15FO4S. The molecule has 0 aromatic carbocycles. The Hall–Kier alpha value is -0.490. The van der Waals surface area contributed by atoms with E-state index in [1.807, 2.05) is 13.8 Å². The molecule has 2 rings (SSSR count). The highest BCUT2D eigenvalue weighted by molar-refractivity contribution is 7.86. The summed E-state index contributed by atoms with van der Waals surface area (Å²) in [4.78, 5) is 11.9. The normalized spacial score (nSPS) is 36.9. The topological polar surface area (TPSA) is 60.4 Å². The zero-order valence-corrected chi connectivity index (χ0v) is 10.1. The van der Waals surface area contributed by atoms with Crippen LogP contribution in [0.3, 0.4) is 0 Å². The number of rotatable bonds is 3. The molecular weight excluding hydrogens is 235 g/mol. The van der Waals surface area contributed by atoms with Gasteiger partial charge in [0, 0.05) is 6.42 Å². The molecule has 0 aromatic rings. The van der Waals surface area contributed by atoms with E-state index in [4.69, 9.17) is 0 Å². The zero-order valence-electron chi connectivity index (χ0n) is 9.32.